The van der Waals surface area contributed by atoms with E-state index in [4.69, 9.17) is 11.6 Å². The number of hydrogen-bond acceptors (Lipinski definition) is 1. The van der Waals surface area contributed by atoms with Gasteiger partial charge in [-0.05, 0) is 36.3 Å². The zero-order chi connectivity index (χ0) is 10.7. The van der Waals surface area contributed by atoms with Crippen molar-refractivity contribution in [1.82, 2.24) is 0 Å². The van der Waals surface area contributed by atoms with Crippen molar-refractivity contribution in [1.29, 1.82) is 0 Å². The highest BCUT2D eigenvalue weighted by Crippen LogP contribution is 2.18. The van der Waals surface area contributed by atoms with E-state index in [1.165, 1.54) is 18.2 Å². The van der Waals surface area contributed by atoms with Gasteiger partial charge in [-0.15, -0.1) is 0 Å². The van der Waals surface area contributed by atoms with Crippen molar-refractivity contribution in [2.75, 3.05) is 0 Å². The summed E-state index contributed by atoms with van der Waals surface area (Å²) in [6.07, 6.45) is 0.103. The summed E-state index contributed by atoms with van der Waals surface area (Å²) in [6, 6.07) is 3.97. The van der Waals surface area contributed by atoms with Crippen molar-refractivity contribution in [3.05, 3.63) is 46.8 Å². The summed E-state index contributed by atoms with van der Waals surface area (Å²) in [5, 5.41) is 0.404. The van der Waals surface area contributed by atoms with E-state index in [9.17, 15) is 9.18 Å². The average molecular weight is 213 g/mol. The summed E-state index contributed by atoms with van der Waals surface area (Å²) in [5.41, 5.74) is 0.949. The number of ketones is 1. The van der Waals surface area contributed by atoms with Gasteiger partial charge in [0, 0.05) is 11.4 Å². The molecule has 0 heterocycles. The quantitative estimate of drug-likeness (QED) is 0.704. The smallest absolute Gasteiger partial charge is 0.162 e. The Kier molecular flexibility index (Phi) is 3.42. The van der Waals surface area contributed by atoms with Crippen LogP contribution in [0.2, 0.25) is 5.02 Å². The molecule has 0 aliphatic carbocycles. The van der Waals surface area contributed by atoms with Crippen molar-refractivity contribution in [2.24, 2.45) is 0 Å². The fourth-order valence-electron chi connectivity index (χ4n) is 1.00. The van der Waals surface area contributed by atoms with Gasteiger partial charge in [0.05, 0.1) is 0 Å². The molecule has 0 saturated heterocycles. The van der Waals surface area contributed by atoms with Crippen molar-refractivity contribution in [3.63, 3.8) is 0 Å². The Morgan fingerprint density at radius 3 is 2.79 bits per heavy atom. The zero-order valence-electron chi connectivity index (χ0n) is 7.81. The molecule has 0 N–H and O–H groups in total. The average Bonchev–Trinajstić information content (AvgIpc) is 2.11. The lowest BCUT2D eigenvalue weighted by molar-refractivity contribution is -0.114. The van der Waals surface area contributed by atoms with Crippen LogP contribution in [0.5, 0.6) is 0 Å². The first-order valence-corrected chi connectivity index (χ1v) is 4.51. The topological polar surface area (TPSA) is 17.1 Å². The normalized spacial score (nSPS) is 9.93. The van der Waals surface area contributed by atoms with Crippen LogP contribution >= 0.6 is 11.6 Å². The fourth-order valence-corrected chi connectivity index (χ4v) is 1.19. The summed E-state index contributed by atoms with van der Waals surface area (Å²) in [4.78, 5) is 11.3. The zero-order valence-corrected chi connectivity index (χ0v) is 8.57. The lowest BCUT2D eigenvalue weighted by atomic mass is 10.1. The predicted molar refractivity (Wildman–Crippen MR) is 54.9 cm³/mol. The summed E-state index contributed by atoms with van der Waals surface area (Å²) in [7, 11) is 0. The molecule has 3 heteroatoms. The van der Waals surface area contributed by atoms with Crippen LogP contribution in [0.15, 0.2) is 30.4 Å². The van der Waals surface area contributed by atoms with Crippen molar-refractivity contribution >= 4 is 17.4 Å². The molecule has 0 radical (unpaired) electrons. The van der Waals surface area contributed by atoms with Gasteiger partial charge in [0.1, 0.15) is 5.82 Å². The molecule has 14 heavy (non-hydrogen) atoms. The maximum absolute atomic E-state index is 12.8. The second kappa shape index (κ2) is 4.38. The van der Waals surface area contributed by atoms with E-state index in [2.05, 4.69) is 6.58 Å². The Morgan fingerprint density at radius 1 is 1.57 bits per heavy atom. The predicted octanol–water partition coefficient (Wildman–Crippen LogP) is 3.17. The third-order valence-electron chi connectivity index (χ3n) is 1.83. The SMILES string of the molecule is C=C(C)C(=O)Cc1cc(F)ccc1Cl. The third-order valence-corrected chi connectivity index (χ3v) is 2.20. The molecule has 0 saturated carbocycles. The summed E-state index contributed by atoms with van der Waals surface area (Å²) < 4.78 is 12.8. The van der Waals surface area contributed by atoms with Gasteiger partial charge < -0.3 is 0 Å². The van der Waals surface area contributed by atoms with Crippen LogP contribution in [-0.2, 0) is 11.2 Å². The number of Topliss-reactive ketones (excluding diaryl/α,β-unsaturated/α-hetero) is 1. The molecule has 0 spiro atoms. The number of carbonyl (C=O) groups excluding carboxylic acids is 1. The number of rotatable bonds is 3. The third kappa shape index (κ3) is 2.67. The Balaban J connectivity index is 2.91. The molecule has 0 atom stereocenters. The second-order valence-electron chi connectivity index (χ2n) is 3.12. The molecule has 1 aromatic rings. The van der Waals surface area contributed by atoms with Gasteiger partial charge in [0.15, 0.2) is 5.78 Å². The monoisotopic (exact) mass is 212 g/mol. The summed E-state index contributed by atoms with van der Waals surface area (Å²) >= 11 is 5.80. The highest BCUT2D eigenvalue weighted by Gasteiger charge is 2.08. The van der Waals surface area contributed by atoms with Crippen LogP contribution in [0.1, 0.15) is 12.5 Å². The van der Waals surface area contributed by atoms with Crippen LogP contribution in [-0.4, -0.2) is 5.78 Å². The lowest BCUT2D eigenvalue weighted by Gasteiger charge is -2.03. The number of halogens is 2. The first-order chi connectivity index (χ1) is 6.50. The molecule has 0 bridgehead atoms. The highest BCUT2D eigenvalue weighted by atomic mass is 35.5. The van der Waals surface area contributed by atoms with Gasteiger partial charge in [-0.3, -0.25) is 4.79 Å². The van der Waals surface area contributed by atoms with Crippen LogP contribution in [0, 0.1) is 5.82 Å². The van der Waals surface area contributed by atoms with Crippen LogP contribution < -0.4 is 0 Å². The molecular formula is C11H10ClFO. The van der Waals surface area contributed by atoms with E-state index in [1.54, 1.807) is 6.92 Å². The van der Waals surface area contributed by atoms with Crippen molar-refractivity contribution in [3.8, 4) is 0 Å². The lowest BCUT2D eigenvalue weighted by Crippen LogP contribution is -2.03. The maximum Gasteiger partial charge on any atom is 0.162 e. The standard InChI is InChI=1S/C11H10ClFO/c1-7(2)11(14)6-8-5-9(13)3-4-10(8)12/h3-5H,1,6H2,2H3. The van der Waals surface area contributed by atoms with Crippen LogP contribution in [0.3, 0.4) is 0 Å². The molecule has 0 amide bonds. The van der Waals surface area contributed by atoms with Gasteiger partial charge in [0.2, 0.25) is 0 Å². The molecule has 1 rings (SSSR count). The highest BCUT2D eigenvalue weighted by molar-refractivity contribution is 6.31. The fraction of sp³-hybridized carbons (Fsp3) is 0.182. The molecule has 0 aliphatic rings. The summed E-state index contributed by atoms with van der Waals surface area (Å²) in [6.45, 7) is 5.14. The number of carbonyl (C=O) groups is 1. The van der Waals surface area contributed by atoms with Crippen molar-refractivity contribution < 1.29 is 9.18 Å². The Morgan fingerprint density at radius 2 is 2.21 bits per heavy atom. The van der Waals surface area contributed by atoms with Crippen molar-refractivity contribution in [2.45, 2.75) is 13.3 Å². The molecule has 0 fully saturated rings. The minimum atomic E-state index is -0.390. The molecule has 1 aromatic carbocycles. The Labute approximate surface area is 87.2 Å². The Hall–Kier alpha value is -1.15. The van der Waals surface area contributed by atoms with E-state index < -0.39 is 0 Å². The van der Waals surface area contributed by atoms with E-state index >= 15 is 0 Å². The number of benzene rings is 1. The molecule has 74 valence electrons. The van der Waals surface area contributed by atoms with Gasteiger partial charge in [-0.1, -0.05) is 18.2 Å². The number of allylic oxidation sites excluding steroid dienone is 1. The van der Waals surface area contributed by atoms with Gasteiger partial charge in [-0.2, -0.15) is 0 Å². The van der Waals surface area contributed by atoms with E-state index in [0.717, 1.165) is 0 Å². The summed E-state index contributed by atoms with van der Waals surface area (Å²) in [5.74, 6) is -0.517. The molecule has 0 unspecified atom stereocenters. The molecule has 0 aromatic heterocycles. The molecule has 1 nitrogen and oxygen atoms in total. The molecular weight excluding hydrogens is 203 g/mol. The van der Waals surface area contributed by atoms with Crippen LogP contribution in [0.25, 0.3) is 0 Å². The van der Waals surface area contributed by atoms with Gasteiger partial charge in [-0.25, -0.2) is 4.39 Å². The maximum atomic E-state index is 12.8. The number of hydrogen-bond donors (Lipinski definition) is 0. The van der Waals surface area contributed by atoms with Gasteiger partial charge >= 0.3 is 0 Å². The van der Waals surface area contributed by atoms with Gasteiger partial charge in [0.25, 0.3) is 0 Å². The minimum Gasteiger partial charge on any atom is -0.294 e. The first-order valence-electron chi connectivity index (χ1n) is 4.13. The minimum absolute atomic E-state index is 0.103. The van der Waals surface area contributed by atoms with Crippen LogP contribution in [0.4, 0.5) is 4.39 Å². The molecule has 0 aliphatic heterocycles. The van der Waals surface area contributed by atoms with E-state index in [-0.39, 0.29) is 18.0 Å². The Bertz CT molecular complexity index is 385. The largest absolute Gasteiger partial charge is 0.294 e. The second-order valence-corrected chi connectivity index (χ2v) is 3.52. The van der Waals surface area contributed by atoms with E-state index in [1.807, 2.05) is 0 Å². The first kappa shape index (κ1) is 10.9. The van der Waals surface area contributed by atoms with E-state index in [0.29, 0.717) is 16.2 Å².